The molecule has 1 saturated heterocycles. The lowest BCUT2D eigenvalue weighted by molar-refractivity contribution is 0.0746. The number of amides is 1. The van der Waals surface area contributed by atoms with Gasteiger partial charge in [0.15, 0.2) is 5.82 Å². The maximum Gasteiger partial charge on any atom is 0.253 e. The van der Waals surface area contributed by atoms with Crippen LogP contribution in [0, 0.1) is 13.8 Å². The molecule has 150 valence electrons. The first-order chi connectivity index (χ1) is 14.0. The van der Waals surface area contributed by atoms with Crippen molar-refractivity contribution in [2.75, 3.05) is 37.3 Å². The zero-order chi connectivity index (χ0) is 20.4. The molecule has 3 heterocycles. The maximum absolute atomic E-state index is 12.8. The van der Waals surface area contributed by atoms with E-state index in [0.29, 0.717) is 13.1 Å². The second-order valence-corrected chi connectivity index (χ2v) is 7.96. The van der Waals surface area contributed by atoms with Crippen LogP contribution in [0.5, 0.6) is 0 Å². The third-order valence-electron chi connectivity index (χ3n) is 5.09. The van der Waals surface area contributed by atoms with E-state index in [0.717, 1.165) is 46.6 Å². The van der Waals surface area contributed by atoms with Crippen LogP contribution in [0.15, 0.2) is 47.6 Å². The van der Waals surface area contributed by atoms with Crippen LogP contribution in [0.4, 0.5) is 5.82 Å². The van der Waals surface area contributed by atoms with E-state index in [1.54, 1.807) is 18.1 Å². The zero-order valence-corrected chi connectivity index (χ0v) is 17.7. The first kappa shape index (κ1) is 19.4. The Bertz CT molecular complexity index is 1010. The Hall–Kier alpha value is -2.87. The number of aryl methyl sites for hydroxylation is 2. The van der Waals surface area contributed by atoms with Gasteiger partial charge in [0.25, 0.3) is 5.91 Å². The minimum atomic E-state index is 0.0864. The lowest BCUT2D eigenvalue weighted by atomic mass is 10.2. The van der Waals surface area contributed by atoms with Gasteiger partial charge < -0.3 is 9.80 Å². The SMILES string of the molecule is CSc1ccc(C(=O)N2CCN(c3cc(-n4nc(C)cc4C)ncn3)CC2)cc1. The molecule has 1 aromatic carbocycles. The highest BCUT2D eigenvalue weighted by molar-refractivity contribution is 7.98. The fourth-order valence-corrected chi connectivity index (χ4v) is 3.95. The van der Waals surface area contributed by atoms with Crippen LogP contribution < -0.4 is 4.90 Å². The van der Waals surface area contributed by atoms with Gasteiger partial charge in [-0.2, -0.15) is 5.10 Å². The molecule has 0 atom stereocenters. The van der Waals surface area contributed by atoms with Crippen LogP contribution in [0.1, 0.15) is 21.7 Å². The normalized spacial score (nSPS) is 14.3. The topological polar surface area (TPSA) is 67.2 Å². The molecule has 1 aliphatic heterocycles. The molecule has 1 fully saturated rings. The fourth-order valence-electron chi connectivity index (χ4n) is 3.54. The summed E-state index contributed by atoms with van der Waals surface area (Å²) in [6, 6.07) is 11.8. The van der Waals surface area contributed by atoms with Gasteiger partial charge in [-0.15, -0.1) is 11.8 Å². The molecule has 0 aliphatic carbocycles. The minimum Gasteiger partial charge on any atom is -0.353 e. The summed E-state index contributed by atoms with van der Waals surface area (Å²) in [4.78, 5) is 26.9. The number of benzene rings is 1. The molecule has 0 radical (unpaired) electrons. The Morgan fingerprint density at radius 2 is 1.66 bits per heavy atom. The second kappa shape index (κ2) is 8.24. The van der Waals surface area contributed by atoms with E-state index < -0.39 is 0 Å². The zero-order valence-electron chi connectivity index (χ0n) is 16.9. The summed E-state index contributed by atoms with van der Waals surface area (Å²) in [7, 11) is 0. The van der Waals surface area contributed by atoms with Gasteiger partial charge in [-0.3, -0.25) is 4.79 Å². The second-order valence-electron chi connectivity index (χ2n) is 7.08. The van der Waals surface area contributed by atoms with E-state index in [1.165, 1.54) is 0 Å². The highest BCUT2D eigenvalue weighted by Gasteiger charge is 2.23. The van der Waals surface area contributed by atoms with Gasteiger partial charge in [-0.1, -0.05) is 0 Å². The molecule has 0 N–H and O–H groups in total. The van der Waals surface area contributed by atoms with Crippen molar-refractivity contribution in [2.24, 2.45) is 0 Å². The van der Waals surface area contributed by atoms with Gasteiger partial charge in [0.2, 0.25) is 0 Å². The predicted octanol–water partition coefficient (Wildman–Crippen LogP) is 2.96. The van der Waals surface area contributed by atoms with Gasteiger partial charge in [0, 0.05) is 48.4 Å². The van der Waals surface area contributed by atoms with Gasteiger partial charge >= 0.3 is 0 Å². The summed E-state index contributed by atoms with van der Waals surface area (Å²) >= 11 is 1.67. The van der Waals surface area contributed by atoms with Crippen LogP contribution in [-0.2, 0) is 0 Å². The molecule has 4 rings (SSSR count). The third kappa shape index (κ3) is 4.12. The number of hydrogen-bond donors (Lipinski definition) is 0. The van der Waals surface area contributed by atoms with Crippen molar-refractivity contribution in [3.8, 4) is 5.82 Å². The summed E-state index contributed by atoms with van der Waals surface area (Å²) in [5, 5.41) is 4.50. The molecule has 29 heavy (non-hydrogen) atoms. The van der Waals surface area contributed by atoms with E-state index in [-0.39, 0.29) is 5.91 Å². The van der Waals surface area contributed by atoms with E-state index in [2.05, 4.69) is 20.0 Å². The highest BCUT2D eigenvalue weighted by atomic mass is 32.2. The van der Waals surface area contributed by atoms with E-state index >= 15 is 0 Å². The van der Waals surface area contributed by atoms with Crippen molar-refractivity contribution in [2.45, 2.75) is 18.7 Å². The minimum absolute atomic E-state index is 0.0864. The molecule has 1 amide bonds. The van der Waals surface area contributed by atoms with Crippen molar-refractivity contribution >= 4 is 23.5 Å². The molecule has 0 unspecified atom stereocenters. The number of aromatic nitrogens is 4. The van der Waals surface area contributed by atoms with Gasteiger partial charge in [-0.25, -0.2) is 14.6 Å². The van der Waals surface area contributed by atoms with Crippen molar-refractivity contribution in [3.05, 3.63) is 59.7 Å². The maximum atomic E-state index is 12.8. The number of anilines is 1. The summed E-state index contributed by atoms with van der Waals surface area (Å²) in [5.41, 5.74) is 2.74. The summed E-state index contributed by atoms with van der Waals surface area (Å²) in [6.45, 7) is 6.80. The summed E-state index contributed by atoms with van der Waals surface area (Å²) in [6.07, 6.45) is 3.61. The van der Waals surface area contributed by atoms with Crippen molar-refractivity contribution in [1.82, 2.24) is 24.6 Å². The molecule has 0 bridgehead atoms. The van der Waals surface area contributed by atoms with Crippen molar-refractivity contribution < 1.29 is 4.79 Å². The number of rotatable bonds is 4. The Balaban J connectivity index is 1.43. The third-order valence-corrected chi connectivity index (χ3v) is 5.84. The Morgan fingerprint density at radius 1 is 0.966 bits per heavy atom. The number of carbonyl (C=O) groups is 1. The van der Waals surface area contributed by atoms with Gasteiger partial charge in [0.05, 0.1) is 5.69 Å². The Kier molecular flexibility index (Phi) is 5.53. The van der Waals surface area contributed by atoms with E-state index in [4.69, 9.17) is 0 Å². The fraction of sp³-hybridized carbons (Fsp3) is 0.333. The van der Waals surface area contributed by atoms with Crippen LogP contribution in [0.2, 0.25) is 0 Å². The summed E-state index contributed by atoms with van der Waals surface area (Å²) < 4.78 is 1.83. The standard InChI is InChI=1S/C21H24N6OS/c1-15-12-16(2)27(24-15)20-13-19(22-14-23-20)25-8-10-26(11-9-25)21(28)17-4-6-18(29-3)7-5-17/h4-7,12-14H,8-11H2,1-3H3. The average molecular weight is 409 g/mol. The van der Waals surface area contributed by atoms with Gasteiger partial charge in [-0.05, 0) is 50.4 Å². The molecule has 8 heteroatoms. The molecular weight excluding hydrogens is 384 g/mol. The molecule has 2 aromatic heterocycles. The summed E-state index contributed by atoms with van der Waals surface area (Å²) in [5.74, 6) is 1.70. The number of thioether (sulfide) groups is 1. The molecule has 3 aromatic rings. The molecule has 7 nitrogen and oxygen atoms in total. The monoisotopic (exact) mass is 408 g/mol. The quantitative estimate of drug-likeness (QED) is 0.619. The first-order valence-electron chi connectivity index (χ1n) is 9.59. The Morgan fingerprint density at radius 3 is 2.28 bits per heavy atom. The van der Waals surface area contributed by atoms with Gasteiger partial charge in [0.1, 0.15) is 12.1 Å². The Labute approximate surface area is 174 Å². The molecule has 1 aliphatic rings. The first-order valence-corrected chi connectivity index (χ1v) is 10.8. The van der Waals surface area contributed by atoms with Crippen LogP contribution in [0.3, 0.4) is 0 Å². The number of carbonyl (C=O) groups excluding carboxylic acids is 1. The molecular formula is C21H24N6OS. The van der Waals surface area contributed by atoms with Crippen molar-refractivity contribution in [3.63, 3.8) is 0 Å². The molecule has 0 saturated carbocycles. The van der Waals surface area contributed by atoms with Crippen LogP contribution >= 0.6 is 11.8 Å². The number of hydrogen-bond acceptors (Lipinski definition) is 6. The van der Waals surface area contributed by atoms with E-state index in [9.17, 15) is 4.79 Å². The van der Waals surface area contributed by atoms with E-state index in [1.807, 2.05) is 66.1 Å². The lowest BCUT2D eigenvalue weighted by Gasteiger charge is -2.35. The largest absolute Gasteiger partial charge is 0.353 e. The van der Waals surface area contributed by atoms with Crippen molar-refractivity contribution in [1.29, 1.82) is 0 Å². The smallest absolute Gasteiger partial charge is 0.253 e. The highest BCUT2D eigenvalue weighted by Crippen LogP contribution is 2.19. The lowest BCUT2D eigenvalue weighted by Crippen LogP contribution is -2.49. The predicted molar refractivity (Wildman–Crippen MR) is 115 cm³/mol. The van der Waals surface area contributed by atoms with Crippen LogP contribution in [-0.4, -0.2) is 63.0 Å². The average Bonchev–Trinajstić information content (AvgIpc) is 3.11. The number of nitrogens with zero attached hydrogens (tertiary/aromatic N) is 6. The number of piperazine rings is 1. The van der Waals surface area contributed by atoms with Crippen LogP contribution in [0.25, 0.3) is 5.82 Å². The molecule has 0 spiro atoms.